The minimum atomic E-state index is 0.390. The fraction of sp³-hybridized carbons (Fsp3) is 0.625. The van der Waals surface area contributed by atoms with Gasteiger partial charge in [-0.05, 0) is 13.3 Å². The summed E-state index contributed by atoms with van der Waals surface area (Å²) in [6.07, 6.45) is 0.830. The zero-order valence-electron chi connectivity index (χ0n) is 12.3. The molecule has 0 N–H and O–H groups in total. The van der Waals surface area contributed by atoms with Crippen molar-refractivity contribution in [3.63, 3.8) is 0 Å². The van der Waals surface area contributed by atoms with Crippen LogP contribution in [0.4, 0.5) is 0 Å². The average molecular weight is 278 g/mol. The summed E-state index contributed by atoms with van der Waals surface area (Å²) >= 11 is 0. The molecule has 0 radical (unpaired) electrons. The number of hydrogen-bond donors (Lipinski definition) is 0. The Morgan fingerprint density at radius 3 is 1.70 bits per heavy atom. The SMILES string of the molecule is CC#CCOCC#CCOCCCOCC#CCOC. The molecule has 0 saturated carbocycles. The predicted octanol–water partition coefficient (Wildman–Crippen LogP) is 1.10. The fourth-order valence-electron chi connectivity index (χ4n) is 1.01. The normalized spacial score (nSPS) is 8.70. The highest BCUT2D eigenvalue weighted by molar-refractivity contribution is 5.00. The summed E-state index contributed by atoms with van der Waals surface area (Å²) in [5, 5.41) is 0. The van der Waals surface area contributed by atoms with Gasteiger partial charge in [0.15, 0.2) is 0 Å². The smallest absolute Gasteiger partial charge is 0.109 e. The van der Waals surface area contributed by atoms with Crippen molar-refractivity contribution in [3.05, 3.63) is 0 Å². The van der Waals surface area contributed by atoms with E-state index < -0.39 is 0 Å². The lowest BCUT2D eigenvalue weighted by Crippen LogP contribution is -2.01. The largest absolute Gasteiger partial charge is 0.372 e. The van der Waals surface area contributed by atoms with Crippen LogP contribution in [0.3, 0.4) is 0 Å². The lowest BCUT2D eigenvalue weighted by Gasteiger charge is -2.00. The molecule has 0 spiro atoms. The van der Waals surface area contributed by atoms with E-state index >= 15 is 0 Å². The van der Waals surface area contributed by atoms with Crippen LogP contribution in [0.1, 0.15) is 13.3 Å². The summed E-state index contributed by atoms with van der Waals surface area (Å²) in [5.41, 5.74) is 0. The Balaban J connectivity index is 3.18. The second kappa shape index (κ2) is 17.5. The lowest BCUT2D eigenvalue weighted by molar-refractivity contribution is 0.110. The highest BCUT2D eigenvalue weighted by Crippen LogP contribution is 1.84. The Morgan fingerprint density at radius 1 is 0.650 bits per heavy atom. The zero-order chi connectivity index (χ0) is 14.7. The van der Waals surface area contributed by atoms with Crippen LogP contribution in [-0.4, -0.2) is 53.4 Å². The van der Waals surface area contributed by atoms with E-state index in [0.717, 1.165) is 6.42 Å². The Morgan fingerprint density at radius 2 is 1.15 bits per heavy atom. The van der Waals surface area contributed by atoms with Crippen molar-refractivity contribution in [1.29, 1.82) is 0 Å². The third-order valence-corrected chi connectivity index (χ3v) is 1.92. The highest BCUT2D eigenvalue weighted by atomic mass is 16.5. The van der Waals surface area contributed by atoms with Gasteiger partial charge in [-0.3, -0.25) is 0 Å². The minimum absolute atomic E-state index is 0.390. The van der Waals surface area contributed by atoms with Crippen LogP contribution < -0.4 is 0 Å². The molecule has 0 bridgehead atoms. The molecule has 0 aromatic carbocycles. The van der Waals surface area contributed by atoms with Crippen LogP contribution in [0.5, 0.6) is 0 Å². The third-order valence-electron chi connectivity index (χ3n) is 1.92. The third kappa shape index (κ3) is 16.5. The van der Waals surface area contributed by atoms with Crippen molar-refractivity contribution in [1.82, 2.24) is 0 Å². The van der Waals surface area contributed by atoms with Crippen molar-refractivity contribution in [2.45, 2.75) is 13.3 Å². The summed E-state index contributed by atoms with van der Waals surface area (Å²) in [4.78, 5) is 0. The molecule has 4 nitrogen and oxygen atoms in total. The van der Waals surface area contributed by atoms with E-state index in [9.17, 15) is 0 Å². The molecule has 110 valence electrons. The van der Waals surface area contributed by atoms with Crippen molar-refractivity contribution in [2.75, 3.05) is 53.4 Å². The molecular formula is C16H22O4. The van der Waals surface area contributed by atoms with Crippen LogP contribution in [0, 0.1) is 35.5 Å². The second-order valence-corrected chi connectivity index (χ2v) is 3.52. The molecule has 0 heterocycles. The summed E-state index contributed by atoms with van der Waals surface area (Å²) in [7, 11) is 1.61. The van der Waals surface area contributed by atoms with E-state index in [0.29, 0.717) is 46.2 Å². The fourth-order valence-corrected chi connectivity index (χ4v) is 1.01. The van der Waals surface area contributed by atoms with Gasteiger partial charge in [-0.15, -0.1) is 5.92 Å². The molecule has 0 atom stereocenters. The molecule has 0 aliphatic rings. The van der Waals surface area contributed by atoms with Gasteiger partial charge in [0.05, 0.1) is 13.2 Å². The number of methoxy groups -OCH3 is 1. The summed E-state index contributed by atoms with van der Waals surface area (Å²) in [6.45, 7) is 5.14. The molecule has 20 heavy (non-hydrogen) atoms. The number of ether oxygens (including phenoxy) is 4. The van der Waals surface area contributed by atoms with Gasteiger partial charge in [-0.25, -0.2) is 0 Å². The van der Waals surface area contributed by atoms with Crippen LogP contribution in [0.25, 0.3) is 0 Å². The van der Waals surface area contributed by atoms with Gasteiger partial charge in [0.25, 0.3) is 0 Å². The van der Waals surface area contributed by atoms with Crippen LogP contribution in [-0.2, 0) is 18.9 Å². The van der Waals surface area contributed by atoms with E-state index in [4.69, 9.17) is 18.9 Å². The summed E-state index contributed by atoms with van der Waals surface area (Å²) in [6, 6.07) is 0. The van der Waals surface area contributed by atoms with E-state index in [1.807, 2.05) is 0 Å². The first-order valence-corrected chi connectivity index (χ1v) is 6.45. The first-order valence-electron chi connectivity index (χ1n) is 6.45. The standard InChI is InChI=1S/C16H22O4/c1-3-4-11-18-13-7-8-14-20-16-9-15-19-12-6-5-10-17-2/h9-16H2,1-2H3. The van der Waals surface area contributed by atoms with E-state index in [1.165, 1.54) is 0 Å². The van der Waals surface area contributed by atoms with Gasteiger partial charge in [-0.1, -0.05) is 29.6 Å². The monoisotopic (exact) mass is 278 g/mol. The topological polar surface area (TPSA) is 36.9 Å². The summed E-state index contributed by atoms with van der Waals surface area (Å²) in [5.74, 6) is 16.9. The molecule has 0 aliphatic carbocycles. The number of hydrogen-bond acceptors (Lipinski definition) is 4. The highest BCUT2D eigenvalue weighted by Gasteiger charge is 1.87. The van der Waals surface area contributed by atoms with Gasteiger partial charge in [0.2, 0.25) is 0 Å². The Kier molecular flexibility index (Phi) is 16.2. The quantitative estimate of drug-likeness (QED) is 0.467. The Labute approximate surface area is 122 Å². The van der Waals surface area contributed by atoms with Crippen LogP contribution in [0.2, 0.25) is 0 Å². The molecule has 0 aliphatic heterocycles. The second-order valence-electron chi connectivity index (χ2n) is 3.52. The van der Waals surface area contributed by atoms with Gasteiger partial charge in [0, 0.05) is 7.11 Å². The van der Waals surface area contributed by atoms with Crippen molar-refractivity contribution in [2.24, 2.45) is 0 Å². The zero-order valence-corrected chi connectivity index (χ0v) is 12.3. The van der Waals surface area contributed by atoms with Gasteiger partial charge >= 0.3 is 0 Å². The summed E-state index contributed by atoms with van der Waals surface area (Å²) < 4.78 is 20.5. The molecule has 0 unspecified atom stereocenters. The molecule has 0 fully saturated rings. The minimum Gasteiger partial charge on any atom is -0.372 e. The van der Waals surface area contributed by atoms with Crippen molar-refractivity contribution in [3.8, 4) is 35.5 Å². The average Bonchev–Trinajstić information content (AvgIpc) is 2.47. The molecule has 0 aromatic heterocycles. The molecule has 0 amide bonds. The Hall–Kier alpha value is -1.48. The first kappa shape index (κ1) is 18.5. The molecule has 0 rings (SSSR count). The first-order chi connectivity index (χ1) is 9.91. The lowest BCUT2D eigenvalue weighted by atomic mass is 10.5. The maximum atomic E-state index is 5.31. The molecule has 4 heteroatoms. The molecular weight excluding hydrogens is 256 g/mol. The van der Waals surface area contributed by atoms with Crippen molar-refractivity contribution >= 4 is 0 Å². The molecule has 0 saturated heterocycles. The predicted molar refractivity (Wildman–Crippen MR) is 78.0 cm³/mol. The van der Waals surface area contributed by atoms with Crippen molar-refractivity contribution < 1.29 is 18.9 Å². The van der Waals surface area contributed by atoms with E-state index in [2.05, 4.69) is 35.5 Å². The van der Waals surface area contributed by atoms with Crippen LogP contribution >= 0.6 is 0 Å². The molecule has 0 aromatic rings. The van der Waals surface area contributed by atoms with Gasteiger partial charge < -0.3 is 18.9 Å². The van der Waals surface area contributed by atoms with E-state index in [1.54, 1.807) is 14.0 Å². The van der Waals surface area contributed by atoms with Gasteiger partial charge in [-0.2, -0.15) is 0 Å². The maximum Gasteiger partial charge on any atom is 0.109 e. The van der Waals surface area contributed by atoms with E-state index in [-0.39, 0.29) is 0 Å². The number of rotatable bonds is 9. The maximum absolute atomic E-state index is 5.31. The van der Waals surface area contributed by atoms with Crippen LogP contribution in [0.15, 0.2) is 0 Å². The van der Waals surface area contributed by atoms with Gasteiger partial charge in [0.1, 0.15) is 33.0 Å². The Bertz CT molecular complexity index is 384.